The van der Waals surface area contributed by atoms with Gasteiger partial charge in [-0.3, -0.25) is 4.57 Å². The normalized spacial score (nSPS) is 28.1. The molecule has 0 aromatic carbocycles. The summed E-state index contributed by atoms with van der Waals surface area (Å²) in [5.74, 6) is 0.329. The zero-order valence-corrected chi connectivity index (χ0v) is 10.4. The molecule has 0 amide bonds. The number of rotatable bonds is 2. The quantitative estimate of drug-likeness (QED) is 0.860. The summed E-state index contributed by atoms with van der Waals surface area (Å²) in [5.41, 5.74) is 2.46. The van der Waals surface area contributed by atoms with Gasteiger partial charge in [0.25, 0.3) is 0 Å². The molecule has 6 heteroatoms. The van der Waals surface area contributed by atoms with Gasteiger partial charge in [0.15, 0.2) is 5.65 Å². The number of hydrogen-bond acceptors (Lipinski definition) is 5. The number of fused-ring (bicyclic) bond motifs is 1. The van der Waals surface area contributed by atoms with E-state index in [0.29, 0.717) is 5.92 Å². The van der Waals surface area contributed by atoms with Crippen molar-refractivity contribution in [3.8, 4) is 0 Å². The molecule has 6 nitrogen and oxygen atoms in total. The highest BCUT2D eigenvalue weighted by Crippen LogP contribution is 2.35. The zero-order valence-electron chi connectivity index (χ0n) is 10.4. The number of ether oxygens (including phenoxy) is 1. The van der Waals surface area contributed by atoms with Crippen molar-refractivity contribution in [3.63, 3.8) is 0 Å². The average Bonchev–Trinajstić information content (AvgIpc) is 2.93. The van der Waals surface area contributed by atoms with Crippen molar-refractivity contribution in [1.82, 2.24) is 19.5 Å². The van der Waals surface area contributed by atoms with Gasteiger partial charge >= 0.3 is 0 Å². The molecule has 0 aliphatic carbocycles. The number of aliphatic hydroxyl groups excluding tert-OH is 1. The smallest absolute Gasteiger partial charge is 0.165 e. The van der Waals surface area contributed by atoms with E-state index in [1.54, 1.807) is 12.7 Å². The third kappa shape index (κ3) is 1.69. The minimum Gasteiger partial charge on any atom is -0.394 e. The summed E-state index contributed by atoms with van der Waals surface area (Å²) in [6.07, 6.45) is 3.93. The molecule has 96 valence electrons. The Morgan fingerprint density at radius 3 is 3.00 bits per heavy atom. The van der Waals surface area contributed by atoms with E-state index >= 15 is 0 Å². The zero-order chi connectivity index (χ0) is 12.7. The van der Waals surface area contributed by atoms with Crippen LogP contribution in [0.4, 0.5) is 0 Å². The first kappa shape index (κ1) is 11.6. The fourth-order valence-corrected chi connectivity index (χ4v) is 2.53. The highest BCUT2D eigenvalue weighted by Gasteiger charge is 2.34. The van der Waals surface area contributed by atoms with Gasteiger partial charge < -0.3 is 9.84 Å². The van der Waals surface area contributed by atoms with Crippen LogP contribution < -0.4 is 0 Å². The Kier molecular flexibility index (Phi) is 2.76. The summed E-state index contributed by atoms with van der Waals surface area (Å²) in [7, 11) is 0. The lowest BCUT2D eigenvalue weighted by molar-refractivity contribution is -0.0294. The summed E-state index contributed by atoms with van der Waals surface area (Å²) in [5, 5.41) is 9.18. The maximum Gasteiger partial charge on any atom is 0.165 e. The number of aryl methyl sites for hydroxylation is 1. The maximum absolute atomic E-state index is 9.18. The second-order valence-electron chi connectivity index (χ2n) is 4.83. The summed E-state index contributed by atoms with van der Waals surface area (Å²) in [6.45, 7) is 4.08. The molecule has 0 bridgehead atoms. The van der Waals surface area contributed by atoms with Crippen LogP contribution in [-0.2, 0) is 4.74 Å². The number of aliphatic hydroxyl groups is 1. The van der Waals surface area contributed by atoms with Gasteiger partial charge in [-0.25, -0.2) is 15.0 Å². The standard InChI is InChI=1S/C12H16N4O2/c1-7-3-9(4-17)18-12(7)16-6-15-10-8(2)13-5-14-11(10)16/h5-7,9,12,17H,3-4H2,1-2H3/t7?,9-,12+/m0/s1. The first-order valence-electron chi connectivity index (χ1n) is 6.11. The van der Waals surface area contributed by atoms with E-state index in [4.69, 9.17) is 4.74 Å². The Labute approximate surface area is 105 Å². The molecule has 2 aromatic heterocycles. The van der Waals surface area contributed by atoms with Crippen molar-refractivity contribution in [3.05, 3.63) is 18.3 Å². The summed E-state index contributed by atoms with van der Waals surface area (Å²) >= 11 is 0. The van der Waals surface area contributed by atoms with Gasteiger partial charge in [-0.05, 0) is 13.3 Å². The SMILES string of the molecule is Cc1ncnc2c1ncn2[C@@H]1O[C@H](CO)CC1C. The van der Waals surface area contributed by atoms with E-state index in [9.17, 15) is 5.11 Å². The molecule has 1 unspecified atom stereocenters. The van der Waals surface area contributed by atoms with Gasteiger partial charge in [-0.1, -0.05) is 6.92 Å². The Morgan fingerprint density at radius 1 is 1.44 bits per heavy atom. The molecular formula is C12H16N4O2. The molecule has 1 aliphatic rings. The third-order valence-electron chi connectivity index (χ3n) is 3.47. The minimum atomic E-state index is -0.110. The van der Waals surface area contributed by atoms with E-state index in [2.05, 4.69) is 21.9 Å². The van der Waals surface area contributed by atoms with Crippen LogP contribution in [0.15, 0.2) is 12.7 Å². The first-order chi connectivity index (χ1) is 8.70. The van der Waals surface area contributed by atoms with Crippen LogP contribution in [0.3, 0.4) is 0 Å². The van der Waals surface area contributed by atoms with Crippen LogP contribution in [-0.4, -0.2) is 37.3 Å². The van der Waals surface area contributed by atoms with Crippen LogP contribution in [0.2, 0.25) is 0 Å². The fraction of sp³-hybridized carbons (Fsp3) is 0.583. The molecule has 3 heterocycles. The van der Waals surface area contributed by atoms with Gasteiger partial charge in [-0.15, -0.1) is 0 Å². The molecule has 2 aromatic rings. The first-order valence-corrected chi connectivity index (χ1v) is 6.11. The molecule has 1 aliphatic heterocycles. The monoisotopic (exact) mass is 248 g/mol. The third-order valence-corrected chi connectivity index (χ3v) is 3.47. The van der Waals surface area contributed by atoms with Crippen LogP contribution in [0, 0.1) is 12.8 Å². The molecule has 18 heavy (non-hydrogen) atoms. The van der Waals surface area contributed by atoms with Gasteiger partial charge in [0.05, 0.1) is 24.7 Å². The fourth-order valence-electron chi connectivity index (χ4n) is 2.53. The molecule has 0 radical (unpaired) electrons. The van der Waals surface area contributed by atoms with Crippen molar-refractivity contribution in [2.75, 3.05) is 6.61 Å². The number of nitrogens with zero attached hydrogens (tertiary/aromatic N) is 4. The summed E-state index contributed by atoms with van der Waals surface area (Å²) in [4.78, 5) is 12.8. The van der Waals surface area contributed by atoms with Crippen molar-refractivity contribution in [2.24, 2.45) is 5.92 Å². The van der Waals surface area contributed by atoms with Crippen LogP contribution in [0.25, 0.3) is 11.2 Å². The Balaban J connectivity index is 2.02. The van der Waals surface area contributed by atoms with Gasteiger partial charge in [0.2, 0.25) is 0 Å². The Bertz CT molecular complexity index is 568. The molecule has 3 atom stereocenters. The average molecular weight is 248 g/mol. The van der Waals surface area contributed by atoms with E-state index in [1.807, 2.05) is 11.5 Å². The number of hydrogen-bond donors (Lipinski definition) is 1. The topological polar surface area (TPSA) is 73.1 Å². The summed E-state index contributed by atoms with van der Waals surface area (Å²) < 4.78 is 7.76. The van der Waals surface area contributed by atoms with Crippen molar-refractivity contribution in [1.29, 1.82) is 0 Å². The highest BCUT2D eigenvalue weighted by molar-refractivity contribution is 5.72. The van der Waals surface area contributed by atoms with E-state index in [0.717, 1.165) is 23.3 Å². The lowest BCUT2D eigenvalue weighted by Crippen LogP contribution is -2.15. The van der Waals surface area contributed by atoms with Crippen molar-refractivity contribution >= 4 is 11.2 Å². The predicted molar refractivity (Wildman–Crippen MR) is 64.8 cm³/mol. The maximum atomic E-state index is 9.18. The predicted octanol–water partition coefficient (Wildman–Crippen LogP) is 1.05. The van der Waals surface area contributed by atoms with Crippen molar-refractivity contribution < 1.29 is 9.84 Å². The molecule has 1 fully saturated rings. The van der Waals surface area contributed by atoms with Gasteiger partial charge in [0.1, 0.15) is 18.1 Å². The lowest BCUT2D eigenvalue weighted by Gasteiger charge is -2.17. The van der Waals surface area contributed by atoms with Crippen LogP contribution in [0.1, 0.15) is 25.3 Å². The van der Waals surface area contributed by atoms with Crippen LogP contribution >= 0.6 is 0 Å². The second-order valence-corrected chi connectivity index (χ2v) is 4.83. The second kappa shape index (κ2) is 4.29. The molecule has 1 saturated heterocycles. The van der Waals surface area contributed by atoms with E-state index < -0.39 is 0 Å². The Hall–Kier alpha value is -1.53. The van der Waals surface area contributed by atoms with E-state index in [1.165, 1.54) is 0 Å². The lowest BCUT2D eigenvalue weighted by atomic mass is 10.1. The van der Waals surface area contributed by atoms with Crippen molar-refractivity contribution in [2.45, 2.75) is 32.6 Å². The summed E-state index contributed by atoms with van der Waals surface area (Å²) in [6, 6.07) is 0. The highest BCUT2D eigenvalue weighted by atomic mass is 16.5. The molecule has 3 rings (SSSR count). The Morgan fingerprint density at radius 2 is 2.28 bits per heavy atom. The molecule has 0 spiro atoms. The molecule has 1 N–H and O–H groups in total. The molecule has 0 saturated carbocycles. The largest absolute Gasteiger partial charge is 0.394 e. The van der Waals surface area contributed by atoms with E-state index in [-0.39, 0.29) is 18.9 Å². The number of imidazole rings is 1. The van der Waals surface area contributed by atoms with Crippen LogP contribution in [0.5, 0.6) is 0 Å². The van der Waals surface area contributed by atoms with Gasteiger partial charge in [-0.2, -0.15) is 0 Å². The van der Waals surface area contributed by atoms with Gasteiger partial charge in [0, 0.05) is 5.92 Å². The molecular weight excluding hydrogens is 232 g/mol. The number of aromatic nitrogens is 4. The minimum absolute atomic E-state index is 0.0570.